The molecule has 0 saturated heterocycles. The van der Waals surface area contributed by atoms with E-state index in [0.717, 1.165) is 25.8 Å². The highest BCUT2D eigenvalue weighted by Gasteiger charge is 2.13. The number of unbranched alkanes of at least 4 members (excludes halogenated alkanes) is 1. The Labute approximate surface area is 103 Å². The zero-order chi connectivity index (χ0) is 13.1. The first-order chi connectivity index (χ1) is 8.11. The van der Waals surface area contributed by atoms with Crippen LogP contribution in [0.2, 0.25) is 0 Å². The minimum absolute atomic E-state index is 0.0791. The van der Waals surface area contributed by atoms with Crippen molar-refractivity contribution in [2.24, 2.45) is 0 Å². The van der Waals surface area contributed by atoms with Gasteiger partial charge in [0.25, 0.3) is 0 Å². The van der Waals surface area contributed by atoms with Gasteiger partial charge in [0.2, 0.25) is 5.91 Å². The second-order valence-corrected chi connectivity index (χ2v) is 3.89. The van der Waals surface area contributed by atoms with E-state index in [-0.39, 0.29) is 24.3 Å². The number of Topliss-reactive ketones (excluding diaryl/α,β-unsaturated/α-hetero) is 1. The lowest BCUT2D eigenvalue weighted by molar-refractivity contribution is -0.121. The van der Waals surface area contributed by atoms with E-state index in [2.05, 4.69) is 21.5 Å². The van der Waals surface area contributed by atoms with E-state index in [0.29, 0.717) is 0 Å². The van der Waals surface area contributed by atoms with Crippen molar-refractivity contribution in [3.8, 4) is 0 Å². The molecule has 4 N–H and O–H groups in total. The maximum atomic E-state index is 11.3. The fourth-order valence-electron chi connectivity index (χ4n) is 1.44. The number of rotatable bonds is 10. The Balaban J connectivity index is 3.75. The summed E-state index contributed by atoms with van der Waals surface area (Å²) >= 11 is 0. The topological polar surface area (TPSA) is 82.3 Å². The standard InChI is InChI=1S/C11H24N4O2/c1-9(16)10(14-8-11(17)12-2)6-4-5-7-15-13-3/h10,13-15H,4-8H2,1-3H3,(H,12,17). The van der Waals surface area contributed by atoms with Gasteiger partial charge < -0.3 is 5.32 Å². The fraction of sp³-hybridized carbons (Fsp3) is 0.818. The molecule has 0 aliphatic heterocycles. The zero-order valence-corrected chi connectivity index (χ0v) is 10.9. The van der Waals surface area contributed by atoms with Crippen LogP contribution in [0.25, 0.3) is 0 Å². The fourth-order valence-corrected chi connectivity index (χ4v) is 1.44. The minimum atomic E-state index is -0.220. The largest absolute Gasteiger partial charge is 0.358 e. The number of amides is 1. The molecular weight excluding hydrogens is 220 g/mol. The number of nitrogens with one attached hydrogen (secondary N) is 4. The Morgan fingerprint density at radius 2 is 1.88 bits per heavy atom. The number of carbonyl (C=O) groups excluding carboxylic acids is 2. The van der Waals surface area contributed by atoms with Crippen molar-refractivity contribution in [3.63, 3.8) is 0 Å². The van der Waals surface area contributed by atoms with Crippen molar-refractivity contribution in [1.82, 2.24) is 21.5 Å². The zero-order valence-electron chi connectivity index (χ0n) is 10.9. The summed E-state index contributed by atoms with van der Waals surface area (Å²) in [4.78, 5) is 22.4. The highest BCUT2D eigenvalue weighted by Crippen LogP contribution is 2.01. The molecule has 0 bridgehead atoms. The average molecular weight is 244 g/mol. The van der Waals surface area contributed by atoms with Gasteiger partial charge in [0.15, 0.2) is 0 Å². The minimum Gasteiger partial charge on any atom is -0.358 e. The summed E-state index contributed by atoms with van der Waals surface area (Å²) in [5.74, 6) is -0.0245. The van der Waals surface area contributed by atoms with Crippen LogP contribution in [0.5, 0.6) is 0 Å². The molecule has 6 nitrogen and oxygen atoms in total. The molecule has 0 heterocycles. The van der Waals surface area contributed by atoms with Gasteiger partial charge in [0.1, 0.15) is 5.78 Å². The highest BCUT2D eigenvalue weighted by molar-refractivity contribution is 5.83. The Hall–Kier alpha value is -0.980. The van der Waals surface area contributed by atoms with Gasteiger partial charge in [-0.05, 0) is 26.8 Å². The molecule has 1 unspecified atom stereocenters. The second kappa shape index (κ2) is 10.2. The molecule has 0 aliphatic rings. The van der Waals surface area contributed by atoms with Gasteiger partial charge in [-0.25, -0.2) is 0 Å². The molecule has 0 radical (unpaired) electrons. The summed E-state index contributed by atoms with van der Waals surface area (Å²) in [7, 11) is 3.40. The normalized spacial score (nSPS) is 12.2. The summed E-state index contributed by atoms with van der Waals surface area (Å²) in [6.07, 6.45) is 2.70. The van der Waals surface area contributed by atoms with Crippen LogP contribution in [0, 0.1) is 0 Å². The first kappa shape index (κ1) is 16.0. The van der Waals surface area contributed by atoms with Gasteiger partial charge in [0.05, 0.1) is 12.6 Å². The molecule has 0 saturated carbocycles. The third-order valence-corrected chi connectivity index (χ3v) is 2.50. The first-order valence-corrected chi connectivity index (χ1v) is 5.95. The smallest absolute Gasteiger partial charge is 0.233 e. The lowest BCUT2D eigenvalue weighted by atomic mass is 10.1. The predicted octanol–water partition coefficient (Wildman–Crippen LogP) is -0.826. The van der Waals surface area contributed by atoms with Gasteiger partial charge in [-0.1, -0.05) is 6.42 Å². The molecule has 0 fully saturated rings. The lowest BCUT2D eigenvalue weighted by Crippen LogP contribution is -2.41. The molecule has 0 aromatic rings. The van der Waals surface area contributed by atoms with Crippen molar-refractivity contribution in [2.45, 2.75) is 32.2 Å². The Kier molecular flexibility index (Phi) is 9.60. The van der Waals surface area contributed by atoms with Crippen LogP contribution >= 0.6 is 0 Å². The van der Waals surface area contributed by atoms with Gasteiger partial charge in [-0.2, -0.15) is 0 Å². The first-order valence-electron chi connectivity index (χ1n) is 5.95. The molecule has 0 aromatic heterocycles. The van der Waals surface area contributed by atoms with E-state index in [1.165, 1.54) is 0 Å². The number of hydrazine groups is 1. The average Bonchev–Trinajstić information content (AvgIpc) is 2.31. The molecule has 0 spiro atoms. The van der Waals surface area contributed by atoms with Crippen molar-refractivity contribution < 1.29 is 9.59 Å². The van der Waals surface area contributed by atoms with E-state index in [1.807, 2.05) is 7.05 Å². The summed E-state index contributed by atoms with van der Waals surface area (Å²) in [6, 6.07) is -0.220. The molecule has 0 aliphatic carbocycles. The quantitative estimate of drug-likeness (QED) is 0.298. The van der Waals surface area contributed by atoms with E-state index < -0.39 is 0 Å². The predicted molar refractivity (Wildman–Crippen MR) is 67.5 cm³/mol. The van der Waals surface area contributed by atoms with Crippen LogP contribution in [-0.4, -0.2) is 44.9 Å². The number of carbonyl (C=O) groups is 2. The van der Waals surface area contributed by atoms with E-state index in [1.54, 1.807) is 14.0 Å². The molecule has 17 heavy (non-hydrogen) atoms. The van der Waals surface area contributed by atoms with Crippen LogP contribution in [0.15, 0.2) is 0 Å². The SMILES string of the molecule is CNNCCCCC(NCC(=O)NC)C(C)=O. The van der Waals surface area contributed by atoms with Gasteiger partial charge in [-0.3, -0.25) is 25.8 Å². The molecule has 6 heteroatoms. The Morgan fingerprint density at radius 3 is 2.41 bits per heavy atom. The van der Waals surface area contributed by atoms with Crippen molar-refractivity contribution in [3.05, 3.63) is 0 Å². The summed E-state index contributed by atoms with van der Waals surface area (Å²) in [5, 5.41) is 5.48. The van der Waals surface area contributed by atoms with Crippen LogP contribution < -0.4 is 21.5 Å². The maximum Gasteiger partial charge on any atom is 0.233 e. The van der Waals surface area contributed by atoms with E-state index in [4.69, 9.17) is 0 Å². The lowest BCUT2D eigenvalue weighted by Gasteiger charge is -2.15. The Bertz CT molecular complexity index is 234. The molecular formula is C11H24N4O2. The van der Waals surface area contributed by atoms with Gasteiger partial charge >= 0.3 is 0 Å². The number of hydrogen-bond donors (Lipinski definition) is 4. The van der Waals surface area contributed by atoms with Gasteiger partial charge in [-0.15, -0.1) is 0 Å². The second-order valence-electron chi connectivity index (χ2n) is 3.89. The number of likely N-dealkylation sites (N-methyl/N-ethyl adjacent to an activating group) is 1. The molecule has 0 aromatic carbocycles. The van der Waals surface area contributed by atoms with Crippen molar-refractivity contribution in [2.75, 3.05) is 27.2 Å². The molecule has 1 amide bonds. The Morgan fingerprint density at radius 1 is 1.18 bits per heavy atom. The van der Waals surface area contributed by atoms with Crippen molar-refractivity contribution in [1.29, 1.82) is 0 Å². The third-order valence-electron chi connectivity index (χ3n) is 2.50. The van der Waals surface area contributed by atoms with Crippen LogP contribution in [0.4, 0.5) is 0 Å². The summed E-state index contributed by atoms with van der Waals surface area (Å²) < 4.78 is 0. The van der Waals surface area contributed by atoms with Crippen LogP contribution in [-0.2, 0) is 9.59 Å². The number of hydrogen-bond acceptors (Lipinski definition) is 5. The number of ketones is 1. The highest BCUT2D eigenvalue weighted by atomic mass is 16.2. The summed E-state index contributed by atoms with van der Waals surface area (Å²) in [6.45, 7) is 2.61. The maximum absolute atomic E-state index is 11.3. The van der Waals surface area contributed by atoms with Crippen molar-refractivity contribution >= 4 is 11.7 Å². The summed E-state index contributed by atoms with van der Waals surface area (Å²) in [5.41, 5.74) is 5.83. The van der Waals surface area contributed by atoms with E-state index >= 15 is 0 Å². The molecule has 100 valence electrons. The molecule has 1 atom stereocenters. The van der Waals surface area contributed by atoms with Crippen LogP contribution in [0.3, 0.4) is 0 Å². The molecule has 0 rings (SSSR count). The monoisotopic (exact) mass is 244 g/mol. The van der Waals surface area contributed by atoms with Gasteiger partial charge in [0, 0.05) is 13.6 Å². The van der Waals surface area contributed by atoms with E-state index in [9.17, 15) is 9.59 Å². The van der Waals surface area contributed by atoms with Crippen LogP contribution in [0.1, 0.15) is 26.2 Å². The third kappa shape index (κ3) is 8.79.